The molecule has 1 saturated carbocycles. The van der Waals surface area contributed by atoms with E-state index in [1.165, 1.54) is 43.4 Å². The molecular formula is C20H24N4OS. The molecule has 26 heavy (non-hydrogen) atoms. The normalized spacial score (nSPS) is 15.3. The summed E-state index contributed by atoms with van der Waals surface area (Å²) in [5.41, 5.74) is 2.89. The Labute approximate surface area is 157 Å². The first-order valence-electron chi connectivity index (χ1n) is 9.21. The first kappa shape index (κ1) is 17.1. The Kier molecular flexibility index (Phi) is 4.68. The first-order valence-corrected chi connectivity index (χ1v) is 10.0. The third-order valence-corrected chi connectivity index (χ3v) is 6.24. The molecule has 0 unspecified atom stereocenters. The number of thiophene rings is 1. The molecule has 136 valence electrons. The standard InChI is InChI=1S/C20H24N4OS/c1-13-17-12-18(26-20(17)24(2)23-13)19(25)22-16-10-8-15(9-11-16)21-14-6-4-3-5-7-14/h8-12,14,21H,3-7H2,1-2H3,(H,22,25). The zero-order valence-electron chi connectivity index (χ0n) is 15.2. The van der Waals surface area contributed by atoms with E-state index in [1.54, 1.807) is 0 Å². The van der Waals surface area contributed by atoms with Gasteiger partial charge in [-0.05, 0) is 50.1 Å². The van der Waals surface area contributed by atoms with Crippen LogP contribution in [0.15, 0.2) is 30.3 Å². The van der Waals surface area contributed by atoms with Crippen LogP contribution in [0.5, 0.6) is 0 Å². The number of carbonyl (C=O) groups is 1. The molecule has 1 aromatic carbocycles. The van der Waals surface area contributed by atoms with Gasteiger partial charge in [-0.1, -0.05) is 19.3 Å². The van der Waals surface area contributed by atoms with Crippen molar-refractivity contribution in [3.63, 3.8) is 0 Å². The van der Waals surface area contributed by atoms with Gasteiger partial charge in [0, 0.05) is 29.9 Å². The smallest absolute Gasteiger partial charge is 0.265 e. The van der Waals surface area contributed by atoms with Gasteiger partial charge in [0.25, 0.3) is 5.91 Å². The van der Waals surface area contributed by atoms with Crippen molar-refractivity contribution < 1.29 is 4.79 Å². The minimum absolute atomic E-state index is 0.0708. The fourth-order valence-corrected chi connectivity index (χ4v) is 4.66. The molecule has 6 heteroatoms. The van der Waals surface area contributed by atoms with Gasteiger partial charge in [-0.15, -0.1) is 11.3 Å². The van der Waals surface area contributed by atoms with E-state index in [-0.39, 0.29) is 5.91 Å². The van der Waals surface area contributed by atoms with Crippen LogP contribution in [-0.4, -0.2) is 21.7 Å². The van der Waals surface area contributed by atoms with Gasteiger partial charge in [0.15, 0.2) is 0 Å². The van der Waals surface area contributed by atoms with E-state index < -0.39 is 0 Å². The van der Waals surface area contributed by atoms with Gasteiger partial charge in [0.2, 0.25) is 0 Å². The monoisotopic (exact) mass is 368 g/mol. The molecule has 4 rings (SSSR count). The van der Waals surface area contributed by atoms with E-state index in [1.807, 2.05) is 49.0 Å². The van der Waals surface area contributed by atoms with E-state index in [0.717, 1.165) is 27.3 Å². The van der Waals surface area contributed by atoms with E-state index >= 15 is 0 Å². The Hall–Kier alpha value is -2.34. The summed E-state index contributed by atoms with van der Waals surface area (Å²) in [5.74, 6) is -0.0708. The summed E-state index contributed by atoms with van der Waals surface area (Å²) in [5, 5.41) is 12.0. The number of nitrogens with one attached hydrogen (secondary N) is 2. The SMILES string of the molecule is Cc1nn(C)c2sc(C(=O)Nc3ccc(NC4CCCCC4)cc3)cc12. The molecule has 0 radical (unpaired) electrons. The van der Waals surface area contributed by atoms with Crippen molar-refractivity contribution in [2.75, 3.05) is 10.6 Å². The number of hydrogen-bond donors (Lipinski definition) is 2. The first-order chi connectivity index (χ1) is 12.6. The highest BCUT2D eigenvalue weighted by molar-refractivity contribution is 7.20. The second-order valence-electron chi connectivity index (χ2n) is 7.05. The molecule has 0 atom stereocenters. The molecule has 3 aromatic rings. The van der Waals surface area contributed by atoms with Crippen LogP contribution in [0.4, 0.5) is 11.4 Å². The number of anilines is 2. The van der Waals surface area contributed by atoms with E-state index in [0.29, 0.717) is 10.9 Å². The average Bonchev–Trinajstić information content (AvgIpc) is 3.20. The maximum absolute atomic E-state index is 12.6. The molecule has 0 aliphatic heterocycles. The minimum atomic E-state index is -0.0708. The predicted octanol–water partition coefficient (Wildman–Crippen LogP) is 4.94. The largest absolute Gasteiger partial charge is 0.382 e. The summed E-state index contributed by atoms with van der Waals surface area (Å²) in [7, 11) is 1.91. The zero-order chi connectivity index (χ0) is 18.1. The molecule has 1 fully saturated rings. The van der Waals surface area contributed by atoms with Crippen LogP contribution in [0.1, 0.15) is 47.5 Å². The Balaban J connectivity index is 1.42. The van der Waals surface area contributed by atoms with Gasteiger partial charge in [0.05, 0.1) is 10.6 Å². The van der Waals surface area contributed by atoms with Crippen LogP contribution in [0, 0.1) is 6.92 Å². The van der Waals surface area contributed by atoms with Crippen LogP contribution in [0.3, 0.4) is 0 Å². The molecule has 2 aromatic heterocycles. The number of amides is 1. The number of nitrogens with zero attached hydrogens (tertiary/aromatic N) is 2. The quantitative estimate of drug-likeness (QED) is 0.686. The second-order valence-corrected chi connectivity index (χ2v) is 8.08. The Morgan fingerprint density at radius 1 is 1.15 bits per heavy atom. The van der Waals surface area contributed by atoms with Crippen molar-refractivity contribution >= 4 is 38.8 Å². The number of aryl methyl sites for hydroxylation is 2. The molecule has 0 bridgehead atoms. The fourth-order valence-electron chi connectivity index (χ4n) is 3.64. The number of fused-ring (bicyclic) bond motifs is 1. The van der Waals surface area contributed by atoms with Crippen molar-refractivity contribution in [3.05, 3.63) is 40.9 Å². The molecule has 2 N–H and O–H groups in total. The summed E-state index contributed by atoms with van der Waals surface area (Å²) in [4.78, 5) is 14.3. The molecule has 1 amide bonds. The zero-order valence-corrected chi connectivity index (χ0v) is 16.0. The number of rotatable bonds is 4. The average molecular weight is 369 g/mol. The lowest BCUT2D eigenvalue weighted by molar-refractivity contribution is 0.103. The summed E-state index contributed by atoms with van der Waals surface area (Å²) in [6.45, 7) is 1.97. The summed E-state index contributed by atoms with van der Waals surface area (Å²) in [6.07, 6.45) is 6.49. The summed E-state index contributed by atoms with van der Waals surface area (Å²) < 4.78 is 1.83. The maximum atomic E-state index is 12.6. The highest BCUT2D eigenvalue weighted by atomic mass is 32.1. The van der Waals surface area contributed by atoms with Crippen LogP contribution in [-0.2, 0) is 7.05 Å². The lowest BCUT2D eigenvalue weighted by Crippen LogP contribution is -2.22. The van der Waals surface area contributed by atoms with Crippen molar-refractivity contribution in [1.29, 1.82) is 0 Å². The van der Waals surface area contributed by atoms with Crippen molar-refractivity contribution in [2.24, 2.45) is 7.05 Å². The molecular weight excluding hydrogens is 344 g/mol. The van der Waals surface area contributed by atoms with Crippen LogP contribution in [0.2, 0.25) is 0 Å². The van der Waals surface area contributed by atoms with Crippen LogP contribution in [0.25, 0.3) is 10.2 Å². The topological polar surface area (TPSA) is 59.0 Å². The highest BCUT2D eigenvalue weighted by Gasteiger charge is 2.16. The van der Waals surface area contributed by atoms with Gasteiger partial charge in [-0.2, -0.15) is 5.10 Å². The van der Waals surface area contributed by atoms with E-state index in [2.05, 4.69) is 15.7 Å². The lowest BCUT2D eigenvalue weighted by Gasteiger charge is -2.23. The number of benzene rings is 1. The summed E-state index contributed by atoms with van der Waals surface area (Å²) in [6, 6.07) is 10.5. The van der Waals surface area contributed by atoms with Gasteiger partial charge in [0.1, 0.15) is 4.83 Å². The molecule has 0 saturated heterocycles. The third kappa shape index (κ3) is 3.46. The molecule has 2 heterocycles. The van der Waals surface area contributed by atoms with Crippen LogP contribution < -0.4 is 10.6 Å². The minimum Gasteiger partial charge on any atom is -0.382 e. The van der Waals surface area contributed by atoms with Crippen molar-refractivity contribution in [2.45, 2.75) is 45.1 Å². The fraction of sp³-hybridized carbons (Fsp3) is 0.400. The van der Waals surface area contributed by atoms with Gasteiger partial charge in [-0.3, -0.25) is 9.48 Å². The summed E-state index contributed by atoms with van der Waals surface area (Å²) >= 11 is 1.47. The second kappa shape index (κ2) is 7.11. The van der Waals surface area contributed by atoms with E-state index in [9.17, 15) is 4.79 Å². The third-order valence-electron chi connectivity index (χ3n) is 5.04. The van der Waals surface area contributed by atoms with E-state index in [4.69, 9.17) is 0 Å². The Morgan fingerprint density at radius 3 is 2.54 bits per heavy atom. The molecule has 1 aliphatic carbocycles. The molecule has 5 nitrogen and oxygen atoms in total. The lowest BCUT2D eigenvalue weighted by atomic mass is 9.95. The highest BCUT2D eigenvalue weighted by Crippen LogP contribution is 2.28. The van der Waals surface area contributed by atoms with Gasteiger partial charge >= 0.3 is 0 Å². The number of carbonyl (C=O) groups excluding carboxylic acids is 1. The Bertz CT molecular complexity index is 885. The number of aromatic nitrogens is 2. The molecule has 1 aliphatic rings. The Morgan fingerprint density at radius 2 is 1.85 bits per heavy atom. The van der Waals surface area contributed by atoms with Gasteiger partial charge < -0.3 is 10.6 Å². The van der Waals surface area contributed by atoms with Crippen LogP contribution >= 0.6 is 11.3 Å². The predicted molar refractivity (Wildman–Crippen MR) is 108 cm³/mol. The van der Waals surface area contributed by atoms with Crippen molar-refractivity contribution in [3.8, 4) is 0 Å². The number of hydrogen-bond acceptors (Lipinski definition) is 4. The van der Waals surface area contributed by atoms with Gasteiger partial charge in [-0.25, -0.2) is 0 Å². The molecule has 0 spiro atoms. The maximum Gasteiger partial charge on any atom is 0.265 e. The van der Waals surface area contributed by atoms with Crippen molar-refractivity contribution in [1.82, 2.24) is 9.78 Å².